The first-order valence-corrected chi connectivity index (χ1v) is 5.94. The molecule has 96 valence electrons. The number of hydrogen-bond acceptors (Lipinski definition) is 4. The molecule has 0 fully saturated rings. The van der Waals surface area contributed by atoms with Gasteiger partial charge in [-0.25, -0.2) is 0 Å². The van der Waals surface area contributed by atoms with Crippen molar-refractivity contribution in [1.29, 1.82) is 0 Å². The molecule has 0 radical (unpaired) electrons. The van der Waals surface area contributed by atoms with Crippen molar-refractivity contribution < 1.29 is 4.42 Å². The molecule has 0 saturated carbocycles. The fourth-order valence-electron chi connectivity index (χ4n) is 1.97. The van der Waals surface area contributed by atoms with Crippen LogP contribution in [-0.2, 0) is 0 Å². The van der Waals surface area contributed by atoms with E-state index in [2.05, 4.69) is 5.10 Å². The van der Waals surface area contributed by atoms with Gasteiger partial charge in [-0.15, -0.1) is 5.10 Å². The second kappa shape index (κ2) is 4.53. The smallest absolute Gasteiger partial charge is 0.154 e. The summed E-state index contributed by atoms with van der Waals surface area (Å²) in [7, 11) is 1.92. The Morgan fingerprint density at radius 2 is 1.95 bits per heavy atom. The van der Waals surface area contributed by atoms with Crippen LogP contribution in [0, 0.1) is 0 Å². The van der Waals surface area contributed by atoms with Gasteiger partial charge < -0.3 is 10.2 Å². The van der Waals surface area contributed by atoms with Gasteiger partial charge in [0, 0.05) is 13.1 Å². The highest BCUT2D eigenvalue weighted by molar-refractivity contribution is 5.59. The summed E-state index contributed by atoms with van der Waals surface area (Å²) in [6, 6.07) is 15.4. The molecule has 0 aliphatic carbocycles. The molecule has 3 aromatic rings. The number of furan rings is 1. The molecule has 3 rings (SSSR count). The first-order chi connectivity index (χ1) is 9.25. The van der Waals surface area contributed by atoms with Gasteiger partial charge >= 0.3 is 0 Å². The van der Waals surface area contributed by atoms with Gasteiger partial charge in [-0.1, -0.05) is 18.2 Å². The zero-order valence-electron chi connectivity index (χ0n) is 10.5. The van der Waals surface area contributed by atoms with Crippen molar-refractivity contribution in [1.82, 2.24) is 9.89 Å². The van der Waals surface area contributed by atoms with E-state index in [1.165, 1.54) is 0 Å². The summed E-state index contributed by atoms with van der Waals surface area (Å²) in [6.45, 7) is 0. The number of aromatic nitrogens is 2. The Morgan fingerprint density at radius 1 is 1.16 bits per heavy atom. The maximum absolute atomic E-state index is 5.80. The Morgan fingerprint density at radius 3 is 2.63 bits per heavy atom. The molecule has 2 N–H and O–H groups in total. The fraction of sp³-hybridized carbons (Fsp3) is 0.0714. The lowest BCUT2D eigenvalue weighted by molar-refractivity contribution is 0.567. The maximum atomic E-state index is 5.80. The standard InChI is InChI=1S/C14H14N4O/c1-17(11-6-3-2-4-7-11)18-12(10-14(15)16-18)13-8-5-9-19-13/h2-10H,1H3,(H2,15,16). The van der Waals surface area contributed by atoms with Gasteiger partial charge in [-0.3, -0.25) is 5.01 Å². The summed E-state index contributed by atoms with van der Waals surface area (Å²) >= 11 is 0. The molecular formula is C14H14N4O. The summed E-state index contributed by atoms with van der Waals surface area (Å²) < 4.78 is 5.42. The first-order valence-electron chi connectivity index (χ1n) is 5.94. The lowest BCUT2D eigenvalue weighted by atomic mass is 10.3. The van der Waals surface area contributed by atoms with Gasteiger partial charge in [0.15, 0.2) is 5.76 Å². The van der Waals surface area contributed by atoms with Crippen molar-refractivity contribution >= 4 is 11.5 Å². The Bertz CT molecular complexity index is 658. The summed E-state index contributed by atoms with van der Waals surface area (Å²) in [5, 5.41) is 6.21. The van der Waals surface area contributed by atoms with Crippen LogP contribution in [0.4, 0.5) is 11.5 Å². The summed E-state index contributed by atoms with van der Waals surface area (Å²) in [5.41, 5.74) is 7.63. The van der Waals surface area contributed by atoms with Gasteiger partial charge in [0.2, 0.25) is 0 Å². The van der Waals surface area contributed by atoms with Gasteiger partial charge in [0.05, 0.1) is 12.0 Å². The zero-order valence-corrected chi connectivity index (χ0v) is 10.5. The molecule has 19 heavy (non-hydrogen) atoms. The van der Waals surface area contributed by atoms with Crippen LogP contribution in [0.15, 0.2) is 59.2 Å². The lowest BCUT2D eigenvalue weighted by Gasteiger charge is -2.20. The molecule has 0 atom stereocenters. The maximum Gasteiger partial charge on any atom is 0.154 e. The third kappa shape index (κ3) is 2.06. The van der Waals surface area contributed by atoms with Gasteiger partial charge in [-0.2, -0.15) is 4.79 Å². The van der Waals surface area contributed by atoms with Crippen LogP contribution in [0.1, 0.15) is 0 Å². The number of para-hydroxylation sites is 1. The van der Waals surface area contributed by atoms with E-state index in [0.717, 1.165) is 17.1 Å². The summed E-state index contributed by atoms with van der Waals surface area (Å²) in [6.07, 6.45) is 1.63. The van der Waals surface area contributed by atoms with Crippen LogP contribution >= 0.6 is 0 Å². The quantitative estimate of drug-likeness (QED) is 0.780. The average Bonchev–Trinajstić information content (AvgIpc) is 3.07. The van der Waals surface area contributed by atoms with Crippen molar-refractivity contribution in [3.63, 3.8) is 0 Å². The second-order valence-electron chi connectivity index (χ2n) is 4.18. The van der Waals surface area contributed by atoms with Crippen LogP contribution in [0.3, 0.4) is 0 Å². The van der Waals surface area contributed by atoms with E-state index >= 15 is 0 Å². The fourth-order valence-corrected chi connectivity index (χ4v) is 1.97. The normalized spacial score (nSPS) is 10.6. The lowest BCUT2D eigenvalue weighted by Crippen LogP contribution is -2.26. The molecule has 5 heteroatoms. The molecule has 1 aromatic carbocycles. The minimum atomic E-state index is 0.453. The molecule has 2 heterocycles. The predicted molar refractivity (Wildman–Crippen MR) is 74.6 cm³/mol. The van der Waals surface area contributed by atoms with Crippen LogP contribution in [0.25, 0.3) is 11.5 Å². The van der Waals surface area contributed by atoms with E-state index < -0.39 is 0 Å². The third-order valence-corrected chi connectivity index (χ3v) is 2.90. The molecular weight excluding hydrogens is 240 g/mol. The minimum absolute atomic E-state index is 0.453. The van der Waals surface area contributed by atoms with Crippen LogP contribution in [0.2, 0.25) is 0 Å². The minimum Gasteiger partial charge on any atom is -0.463 e. The van der Waals surface area contributed by atoms with E-state index in [-0.39, 0.29) is 0 Å². The molecule has 0 spiro atoms. The molecule has 5 nitrogen and oxygen atoms in total. The van der Waals surface area contributed by atoms with E-state index in [0.29, 0.717) is 5.82 Å². The Hall–Kier alpha value is -2.69. The van der Waals surface area contributed by atoms with Crippen LogP contribution in [0.5, 0.6) is 0 Å². The molecule has 0 saturated heterocycles. The van der Waals surface area contributed by atoms with E-state index in [1.807, 2.05) is 54.5 Å². The number of rotatable bonds is 3. The topological polar surface area (TPSA) is 60.2 Å². The number of nitrogen functional groups attached to an aromatic ring is 1. The Labute approximate surface area is 110 Å². The highest BCUT2D eigenvalue weighted by Gasteiger charge is 2.14. The highest BCUT2D eigenvalue weighted by atomic mass is 16.3. The molecule has 0 aliphatic heterocycles. The average molecular weight is 254 g/mol. The number of benzene rings is 1. The number of anilines is 2. The second-order valence-corrected chi connectivity index (χ2v) is 4.18. The number of nitrogens with two attached hydrogens (primary N) is 1. The highest BCUT2D eigenvalue weighted by Crippen LogP contribution is 2.24. The van der Waals surface area contributed by atoms with Crippen molar-refractivity contribution in [2.75, 3.05) is 17.8 Å². The molecule has 0 amide bonds. The van der Waals surface area contributed by atoms with Crippen molar-refractivity contribution in [3.8, 4) is 11.5 Å². The monoisotopic (exact) mass is 254 g/mol. The summed E-state index contributed by atoms with van der Waals surface area (Å²) in [4.78, 5) is 1.73. The predicted octanol–water partition coefficient (Wildman–Crippen LogP) is 2.62. The SMILES string of the molecule is CN(c1ccccc1)n1nc(N)cc1-c1ccco1. The zero-order chi connectivity index (χ0) is 13.2. The van der Waals surface area contributed by atoms with Crippen LogP contribution < -0.4 is 10.7 Å². The van der Waals surface area contributed by atoms with Gasteiger partial charge in [0.1, 0.15) is 11.5 Å². The van der Waals surface area contributed by atoms with Crippen molar-refractivity contribution in [3.05, 3.63) is 54.8 Å². The van der Waals surface area contributed by atoms with E-state index in [9.17, 15) is 0 Å². The van der Waals surface area contributed by atoms with Crippen molar-refractivity contribution in [2.24, 2.45) is 0 Å². The Balaban J connectivity index is 2.06. The van der Waals surface area contributed by atoms with E-state index in [1.54, 1.807) is 17.1 Å². The largest absolute Gasteiger partial charge is 0.463 e. The molecule has 0 bridgehead atoms. The molecule has 0 aliphatic rings. The van der Waals surface area contributed by atoms with E-state index in [4.69, 9.17) is 10.2 Å². The number of nitrogens with zero attached hydrogens (tertiary/aromatic N) is 3. The molecule has 2 aromatic heterocycles. The summed E-state index contributed by atoms with van der Waals surface area (Å²) in [5.74, 6) is 1.18. The Kier molecular flexibility index (Phi) is 2.72. The van der Waals surface area contributed by atoms with Gasteiger partial charge in [0.25, 0.3) is 0 Å². The third-order valence-electron chi connectivity index (χ3n) is 2.90. The number of hydrogen-bond donors (Lipinski definition) is 1. The first kappa shape index (κ1) is 11.4. The van der Waals surface area contributed by atoms with Crippen LogP contribution in [-0.4, -0.2) is 16.9 Å². The van der Waals surface area contributed by atoms with Crippen molar-refractivity contribution in [2.45, 2.75) is 0 Å². The molecule has 0 unspecified atom stereocenters. The van der Waals surface area contributed by atoms with Gasteiger partial charge in [-0.05, 0) is 24.3 Å².